The van der Waals surface area contributed by atoms with Crippen LogP contribution < -0.4 is 0 Å². The lowest BCUT2D eigenvalue weighted by Crippen LogP contribution is -2.43. The summed E-state index contributed by atoms with van der Waals surface area (Å²) in [5.74, 6) is 0.123. The lowest BCUT2D eigenvalue weighted by Gasteiger charge is -2.35. The maximum Gasteiger partial charge on any atom is 0.246 e. The van der Waals surface area contributed by atoms with Crippen LogP contribution in [0.15, 0.2) is 30.3 Å². The number of nitrogens with zero attached hydrogens (tertiary/aromatic N) is 1. The molecule has 0 aromatic heterocycles. The Kier molecular flexibility index (Phi) is 6.91. The maximum absolute atomic E-state index is 12.0. The molecule has 0 spiro atoms. The molecule has 0 aliphatic carbocycles. The smallest absolute Gasteiger partial charge is 0.246 e. The molecule has 1 aliphatic rings. The van der Waals surface area contributed by atoms with Crippen molar-refractivity contribution in [1.29, 1.82) is 0 Å². The number of piperidine rings is 1. The Morgan fingerprint density at radius 1 is 1.09 bits per heavy atom. The fourth-order valence-electron chi connectivity index (χ4n) is 3.40. The van der Waals surface area contributed by atoms with Crippen LogP contribution >= 0.6 is 0 Å². The van der Waals surface area contributed by atoms with Crippen LogP contribution in [0.25, 0.3) is 0 Å². The molecular weight excluding hydrogens is 274 g/mol. The zero-order chi connectivity index (χ0) is 15.8. The minimum atomic E-state index is -0.129. The number of amides is 1. The minimum absolute atomic E-state index is 0.0161. The summed E-state index contributed by atoms with van der Waals surface area (Å²) in [5, 5.41) is 11.0. The van der Waals surface area contributed by atoms with Gasteiger partial charge in [0.1, 0.15) is 0 Å². The fourth-order valence-corrected chi connectivity index (χ4v) is 3.40. The summed E-state index contributed by atoms with van der Waals surface area (Å²) in [5.41, 5.74) is 1.22. The molecule has 2 atom stereocenters. The van der Waals surface area contributed by atoms with E-state index in [9.17, 15) is 10.0 Å². The van der Waals surface area contributed by atoms with E-state index in [0.717, 1.165) is 24.3 Å². The molecule has 1 N–H and O–H groups in total. The molecule has 1 amide bonds. The van der Waals surface area contributed by atoms with Crippen LogP contribution in [0.4, 0.5) is 0 Å². The molecule has 22 heavy (non-hydrogen) atoms. The van der Waals surface area contributed by atoms with Gasteiger partial charge in [0.2, 0.25) is 5.91 Å². The average molecular weight is 303 g/mol. The van der Waals surface area contributed by atoms with Gasteiger partial charge < -0.3 is 0 Å². The fraction of sp³-hybridized carbons (Fsp3) is 0.632. The highest BCUT2D eigenvalue weighted by molar-refractivity contribution is 5.77. The highest BCUT2D eigenvalue weighted by Crippen LogP contribution is 2.33. The maximum atomic E-state index is 12.0. The van der Waals surface area contributed by atoms with Gasteiger partial charge in [0.15, 0.2) is 0 Å². The first-order chi connectivity index (χ1) is 10.7. The molecule has 1 heterocycles. The van der Waals surface area contributed by atoms with Crippen LogP contribution in [0.5, 0.6) is 0 Å². The first-order valence-electron chi connectivity index (χ1n) is 8.78. The first-order valence-corrected chi connectivity index (χ1v) is 8.78. The van der Waals surface area contributed by atoms with Crippen LogP contribution in [0.3, 0.4) is 0 Å². The molecule has 3 nitrogen and oxygen atoms in total. The molecule has 1 aliphatic heterocycles. The quantitative estimate of drug-likeness (QED) is 0.548. The van der Waals surface area contributed by atoms with Crippen molar-refractivity contribution in [3.05, 3.63) is 35.9 Å². The summed E-state index contributed by atoms with van der Waals surface area (Å²) in [7, 11) is 0. The molecule has 0 radical (unpaired) electrons. The van der Waals surface area contributed by atoms with Crippen molar-refractivity contribution in [2.45, 2.75) is 76.7 Å². The van der Waals surface area contributed by atoms with E-state index >= 15 is 0 Å². The second-order valence-electron chi connectivity index (χ2n) is 6.50. The second-order valence-corrected chi connectivity index (χ2v) is 6.50. The highest BCUT2D eigenvalue weighted by atomic mass is 16.5. The summed E-state index contributed by atoms with van der Waals surface area (Å²) < 4.78 is 0. The predicted octanol–water partition coefficient (Wildman–Crippen LogP) is 4.90. The van der Waals surface area contributed by atoms with E-state index in [2.05, 4.69) is 19.1 Å². The molecule has 1 saturated heterocycles. The Balaban J connectivity index is 1.83. The van der Waals surface area contributed by atoms with Crippen molar-refractivity contribution < 1.29 is 10.0 Å². The summed E-state index contributed by atoms with van der Waals surface area (Å²) in [6.07, 6.45) is 9.66. The number of hydroxylamine groups is 2. The lowest BCUT2D eigenvalue weighted by atomic mass is 9.84. The van der Waals surface area contributed by atoms with E-state index < -0.39 is 0 Å². The summed E-state index contributed by atoms with van der Waals surface area (Å²) in [6, 6.07) is 10.2. The van der Waals surface area contributed by atoms with Gasteiger partial charge in [-0.3, -0.25) is 10.0 Å². The van der Waals surface area contributed by atoms with E-state index in [1.54, 1.807) is 0 Å². The Bertz CT molecular complexity index is 446. The van der Waals surface area contributed by atoms with E-state index in [4.69, 9.17) is 0 Å². The molecule has 1 aromatic carbocycles. The Labute approximate surface area is 134 Å². The SMILES string of the molecule is CCCCCCCC[C@@H]1C[C@H](c2ccccc2)CC(=O)N1O. The van der Waals surface area contributed by atoms with E-state index in [-0.39, 0.29) is 17.9 Å². The highest BCUT2D eigenvalue weighted by Gasteiger charge is 2.33. The van der Waals surface area contributed by atoms with Crippen molar-refractivity contribution in [3.8, 4) is 0 Å². The van der Waals surface area contributed by atoms with Crippen LogP contribution in [-0.4, -0.2) is 22.2 Å². The van der Waals surface area contributed by atoms with Crippen LogP contribution in [0, 0.1) is 0 Å². The largest absolute Gasteiger partial charge is 0.286 e. The van der Waals surface area contributed by atoms with Gasteiger partial charge in [-0.2, -0.15) is 0 Å². The van der Waals surface area contributed by atoms with Crippen LogP contribution in [0.1, 0.15) is 76.2 Å². The number of carbonyl (C=O) groups is 1. The number of unbranched alkanes of at least 4 members (excludes halogenated alkanes) is 5. The third kappa shape index (κ3) is 4.84. The lowest BCUT2D eigenvalue weighted by molar-refractivity contribution is -0.184. The van der Waals surface area contributed by atoms with E-state index in [0.29, 0.717) is 6.42 Å². The van der Waals surface area contributed by atoms with Gasteiger partial charge in [0.05, 0.1) is 6.04 Å². The third-order valence-electron chi connectivity index (χ3n) is 4.74. The van der Waals surface area contributed by atoms with Gasteiger partial charge in [0, 0.05) is 6.42 Å². The molecule has 2 rings (SSSR count). The zero-order valence-corrected chi connectivity index (χ0v) is 13.7. The van der Waals surface area contributed by atoms with Gasteiger partial charge in [-0.15, -0.1) is 0 Å². The molecule has 3 heteroatoms. The number of rotatable bonds is 8. The van der Waals surface area contributed by atoms with Gasteiger partial charge in [0.25, 0.3) is 0 Å². The van der Waals surface area contributed by atoms with Crippen molar-refractivity contribution in [2.75, 3.05) is 0 Å². The number of hydrogen-bond acceptors (Lipinski definition) is 2. The van der Waals surface area contributed by atoms with Gasteiger partial charge >= 0.3 is 0 Å². The van der Waals surface area contributed by atoms with Crippen LogP contribution in [0.2, 0.25) is 0 Å². The van der Waals surface area contributed by atoms with E-state index in [1.807, 2.05) is 18.2 Å². The monoisotopic (exact) mass is 303 g/mol. The average Bonchev–Trinajstić information content (AvgIpc) is 2.55. The van der Waals surface area contributed by atoms with E-state index in [1.165, 1.54) is 37.7 Å². The standard InChI is InChI=1S/C19H29NO2/c1-2-3-4-5-6-10-13-18-14-17(15-19(21)20(18)22)16-11-8-7-9-12-16/h7-9,11-12,17-18,22H,2-6,10,13-15H2,1H3/t17-,18+/m0/s1. The molecule has 1 fully saturated rings. The summed E-state index contributed by atoms with van der Waals surface area (Å²) >= 11 is 0. The molecule has 1 aromatic rings. The Morgan fingerprint density at radius 2 is 1.77 bits per heavy atom. The normalized spacial score (nSPS) is 22.1. The number of carbonyl (C=O) groups excluding carboxylic acids is 1. The van der Waals surface area contributed by atoms with Crippen molar-refractivity contribution in [1.82, 2.24) is 5.06 Å². The molecule has 0 bridgehead atoms. The van der Waals surface area contributed by atoms with Crippen molar-refractivity contribution >= 4 is 5.91 Å². The second kappa shape index (κ2) is 8.94. The predicted molar refractivity (Wildman–Crippen MR) is 88.8 cm³/mol. The van der Waals surface area contributed by atoms with Gasteiger partial charge in [-0.25, -0.2) is 5.06 Å². The number of hydrogen-bond donors (Lipinski definition) is 1. The Morgan fingerprint density at radius 3 is 2.50 bits per heavy atom. The molecular formula is C19H29NO2. The Hall–Kier alpha value is -1.35. The summed E-state index contributed by atoms with van der Waals surface area (Å²) in [4.78, 5) is 12.0. The topological polar surface area (TPSA) is 40.5 Å². The molecule has 0 unspecified atom stereocenters. The summed E-state index contributed by atoms with van der Waals surface area (Å²) in [6.45, 7) is 2.22. The first kappa shape index (κ1) is 17.0. The van der Waals surface area contributed by atoms with Gasteiger partial charge in [-0.1, -0.05) is 75.8 Å². The zero-order valence-electron chi connectivity index (χ0n) is 13.7. The van der Waals surface area contributed by atoms with Crippen molar-refractivity contribution in [2.24, 2.45) is 0 Å². The third-order valence-corrected chi connectivity index (χ3v) is 4.74. The molecule has 122 valence electrons. The van der Waals surface area contributed by atoms with Gasteiger partial charge in [-0.05, 0) is 24.3 Å². The number of benzene rings is 1. The van der Waals surface area contributed by atoms with Crippen molar-refractivity contribution in [3.63, 3.8) is 0 Å². The minimum Gasteiger partial charge on any atom is -0.286 e. The van der Waals surface area contributed by atoms with Crippen LogP contribution in [-0.2, 0) is 4.79 Å². The molecule has 0 saturated carbocycles.